The van der Waals surface area contributed by atoms with Crippen LogP contribution in [0.15, 0.2) is 89.5 Å². The summed E-state index contributed by atoms with van der Waals surface area (Å²) in [5.74, 6) is -0.598. The second-order valence-electron chi connectivity index (χ2n) is 7.70. The number of hydrogen-bond acceptors (Lipinski definition) is 4. The van der Waals surface area contributed by atoms with Crippen molar-refractivity contribution in [2.75, 3.05) is 0 Å². The van der Waals surface area contributed by atoms with Gasteiger partial charge in [-0.2, -0.15) is 0 Å². The van der Waals surface area contributed by atoms with Gasteiger partial charge in [0.25, 0.3) is 5.91 Å². The lowest BCUT2D eigenvalue weighted by Gasteiger charge is -2.21. The number of carbonyl (C=O) groups excluding carboxylic acids is 1. The molecule has 7 heteroatoms. The van der Waals surface area contributed by atoms with Gasteiger partial charge in [0.15, 0.2) is 5.69 Å². The van der Waals surface area contributed by atoms with Crippen LogP contribution >= 0.6 is 0 Å². The molecule has 0 saturated heterocycles. The zero-order valence-electron chi connectivity index (χ0n) is 17.9. The maximum Gasteiger partial charge on any atom is 0.273 e. The third-order valence-electron chi connectivity index (χ3n) is 5.05. The third kappa shape index (κ3) is 6.57. The molecule has 33 heavy (non-hydrogen) atoms. The Morgan fingerprint density at radius 1 is 0.818 bits per heavy atom. The summed E-state index contributed by atoms with van der Waals surface area (Å²) in [6.45, 7) is 1.57. The topological polar surface area (TPSA) is 58.4 Å². The molecule has 0 bridgehead atoms. The Hall–Kier alpha value is -3.84. The SMILES string of the molecule is O=C(NCc1ccccc1)c1coc(CN(Cc2ccc(F)cc2)Cc2cccc(F)c2)n1. The number of oxazole rings is 1. The lowest BCUT2D eigenvalue weighted by Crippen LogP contribution is -2.24. The zero-order valence-corrected chi connectivity index (χ0v) is 17.9. The van der Waals surface area contributed by atoms with Crippen LogP contribution in [0.2, 0.25) is 0 Å². The molecule has 0 fully saturated rings. The molecule has 0 aliphatic heterocycles. The summed E-state index contributed by atoms with van der Waals surface area (Å²) in [6.07, 6.45) is 1.33. The van der Waals surface area contributed by atoms with Crippen molar-refractivity contribution in [1.82, 2.24) is 15.2 Å². The Morgan fingerprint density at radius 3 is 2.30 bits per heavy atom. The van der Waals surface area contributed by atoms with Crippen LogP contribution in [0.4, 0.5) is 8.78 Å². The third-order valence-corrected chi connectivity index (χ3v) is 5.05. The number of nitrogens with one attached hydrogen (secondary N) is 1. The summed E-state index contributed by atoms with van der Waals surface area (Å²) in [6, 6.07) is 22.1. The normalized spacial score (nSPS) is 11.0. The van der Waals surface area contributed by atoms with Crippen LogP contribution < -0.4 is 5.32 Å². The highest BCUT2D eigenvalue weighted by Gasteiger charge is 2.16. The number of nitrogens with zero attached hydrogens (tertiary/aromatic N) is 2. The Bertz CT molecular complexity index is 1190. The number of amides is 1. The molecule has 1 amide bonds. The van der Waals surface area contributed by atoms with E-state index in [-0.39, 0.29) is 23.2 Å². The van der Waals surface area contributed by atoms with E-state index in [9.17, 15) is 13.6 Å². The van der Waals surface area contributed by atoms with Gasteiger partial charge >= 0.3 is 0 Å². The molecule has 0 aliphatic carbocycles. The molecular formula is C26H23F2N3O2. The van der Waals surface area contributed by atoms with Gasteiger partial charge in [0.05, 0.1) is 6.54 Å². The molecular weight excluding hydrogens is 424 g/mol. The molecule has 4 rings (SSSR count). The summed E-state index contributed by atoms with van der Waals surface area (Å²) in [4.78, 5) is 18.8. The van der Waals surface area contributed by atoms with Crippen molar-refractivity contribution in [1.29, 1.82) is 0 Å². The molecule has 5 nitrogen and oxygen atoms in total. The van der Waals surface area contributed by atoms with Gasteiger partial charge in [-0.3, -0.25) is 9.69 Å². The first-order valence-electron chi connectivity index (χ1n) is 10.5. The smallest absolute Gasteiger partial charge is 0.273 e. The van der Waals surface area contributed by atoms with Crippen LogP contribution in [0.1, 0.15) is 33.1 Å². The minimum Gasteiger partial charge on any atom is -0.447 e. The summed E-state index contributed by atoms with van der Waals surface area (Å²) in [5, 5.41) is 2.82. The monoisotopic (exact) mass is 447 g/mol. The average Bonchev–Trinajstić information content (AvgIpc) is 3.28. The zero-order chi connectivity index (χ0) is 23.0. The molecule has 0 unspecified atom stereocenters. The molecule has 0 saturated carbocycles. The van der Waals surface area contributed by atoms with E-state index in [0.29, 0.717) is 32.1 Å². The van der Waals surface area contributed by atoms with Crippen molar-refractivity contribution >= 4 is 5.91 Å². The number of hydrogen-bond donors (Lipinski definition) is 1. The molecule has 0 aliphatic rings. The molecule has 1 aromatic heterocycles. The Morgan fingerprint density at radius 2 is 1.55 bits per heavy atom. The van der Waals surface area contributed by atoms with Crippen LogP contribution in [0.25, 0.3) is 0 Å². The van der Waals surface area contributed by atoms with Crippen molar-refractivity contribution in [2.24, 2.45) is 0 Å². The van der Waals surface area contributed by atoms with E-state index in [2.05, 4.69) is 10.3 Å². The van der Waals surface area contributed by atoms with Gasteiger partial charge in [-0.25, -0.2) is 13.8 Å². The molecule has 4 aromatic rings. The van der Waals surface area contributed by atoms with Crippen LogP contribution in [-0.4, -0.2) is 15.8 Å². The Balaban J connectivity index is 1.44. The van der Waals surface area contributed by atoms with Crippen LogP contribution in [0.5, 0.6) is 0 Å². The second-order valence-corrected chi connectivity index (χ2v) is 7.70. The van der Waals surface area contributed by atoms with Gasteiger partial charge in [0.1, 0.15) is 17.9 Å². The first kappa shape index (κ1) is 22.4. The van der Waals surface area contributed by atoms with Crippen molar-refractivity contribution in [2.45, 2.75) is 26.2 Å². The molecule has 0 atom stereocenters. The Kier molecular flexibility index (Phi) is 7.22. The summed E-state index contributed by atoms with van der Waals surface area (Å²) in [7, 11) is 0. The Labute approximate surface area is 190 Å². The highest BCUT2D eigenvalue weighted by Crippen LogP contribution is 2.16. The minimum absolute atomic E-state index is 0.188. The first-order chi connectivity index (χ1) is 16.0. The molecule has 1 heterocycles. The fourth-order valence-corrected chi connectivity index (χ4v) is 3.46. The van der Waals surface area contributed by atoms with Crippen molar-refractivity contribution < 1.29 is 18.0 Å². The summed E-state index contributed by atoms with van der Waals surface area (Å²) < 4.78 is 32.5. The standard InChI is InChI=1S/C26H23F2N3O2/c27-22-11-9-20(10-12-22)15-31(16-21-7-4-8-23(28)13-21)17-25-30-24(18-33-25)26(32)29-14-19-5-2-1-3-6-19/h1-13,18H,14-17H2,(H,29,32). The maximum atomic E-state index is 13.7. The number of aromatic nitrogens is 1. The van der Waals surface area contributed by atoms with Gasteiger partial charge in [0, 0.05) is 19.6 Å². The number of benzene rings is 3. The molecule has 0 spiro atoms. The van der Waals surface area contributed by atoms with Gasteiger partial charge in [0.2, 0.25) is 5.89 Å². The largest absolute Gasteiger partial charge is 0.447 e. The quantitative estimate of drug-likeness (QED) is 0.389. The van der Waals surface area contributed by atoms with E-state index in [1.165, 1.54) is 30.5 Å². The molecule has 3 aromatic carbocycles. The fourth-order valence-electron chi connectivity index (χ4n) is 3.46. The molecule has 168 valence electrons. The average molecular weight is 447 g/mol. The maximum absolute atomic E-state index is 13.7. The van der Waals surface area contributed by atoms with E-state index in [1.807, 2.05) is 41.3 Å². The van der Waals surface area contributed by atoms with Gasteiger partial charge in [-0.05, 0) is 41.0 Å². The van der Waals surface area contributed by atoms with Crippen molar-refractivity contribution in [3.63, 3.8) is 0 Å². The number of carbonyl (C=O) groups is 1. The van der Waals surface area contributed by atoms with E-state index >= 15 is 0 Å². The van der Waals surface area contributed by atoms with Gasteiger partial charge < -0.3 is 9.73 Å². The van der Waals surface area contributed by atoms with E-state index in [4.69, 9.17) is 4.42 Å². The van der Waals surface area contributed by atoms with Gasteiger partial charge in [-0.15, -0.1) is 0 Å². The highest BCUT2D eigenvalue weighted by molar-refractivity contribution is 5.91. The fraction of sp³-hybridized carbons (Fsp3) is 0.154. The van der Waals surface area contributed by atoms with E-state index in [1.54, 1.807) is 18.2 Å². The highest BCUT2D eigenvalue weighted by atomic mass is 19.1. The van der Waals surface area contributed by atoms with Crippen molar-refractivity contribution in [3.05, 3.63) is 125 Å². The van der Waals surface area contributed by atoms with E-state index in [0.717, 1.165) is 16.7 Å². The summed E-state index contributed by atoms with van der Waals surface area (Å²) in [5.41, 5.74) is 2.84. The van der Waals surface area contributed by atoms with Crippen LogP contribution in [0.3, 0.4) is 0 Å². The summed E-state index contributed by atoms with van der Waals surface area (Å²) >= 11 is 0. The van der Waals surface area contributed by atoms with Crippen LogP contribution in [-0.2, 0) is 26.2 Å². The van der Waals surface area contributed by atoms with Gasteiger partial charge in [-0.1, -0.05) is 54.6 Å². The number of rotatable bonds is 9. The minimum atomic E-state index is -0.330. The van der Waals surface area contributed by atoms with E-state index < -0.39 is 0 Å². The number of halogens is 2. The lowest BCUT2D eigenvalue weighted by molar-refractivity contribution is 0.0945. The van der Waals surface area contributed by atoms with Crippen LogP contribution in [0, 0.1) is 11.6 Å². The predicted molar refractivity (Wildman–Crippen MR) is 120 cm³/mol. The molecule has 0 radical (unpaired) electrons. The predicted octanol–water partition coefficient (Wildman–Crippen LogP) is 5.09. The second kappa shape index (κ2) is 10.7. The first-order valence-corrected chi connectivity index (χ1v) is 10.5. The molecule has 1 N–H and O–H groups in total. The lowest BCUT2D eigenvalue weighted by atomic mass is 10.1. The van der Waals surface area contributed by atoms with Crippen molar-refractivity contribution in [3.8, 4) is 0 Å².